The second-order valence-corrected chi connectivity index (χ2v) is 6.08. The van der Waals surface area contributed by atoms with E-state index in [2.05, 4.69) is 10.3 Å². The molecule has 1 saturated carbocycles. The summed E-state index contributed by atoms with van der Waals surface area (Å²) in [4.78, 5) is 4.38. The molecule has 0 heterocycles. The van der Waals surface area contributed by atoms with Gasteiger partial charge < -0.3 is 15.8 Å². The summed E-state index contributed by atoms with van der Waals surface area (Å²) < 4.78 is 18.6. The van der Waals surface area contributed by atoms with Crippen LogP contribution in [0.1, 0.15) is 29.9 Å². The molecule has 1 fully saturated rings. The van der Waals surface area contributed by atoms with Crippen LogP contribution in [0, 0.1) is 5.82 Å². The highest BCUT2D eigenvalue weighted by Crippen LogP contribution is 2.36. The van der Waals surface area contributed by atoms with Gasteiger partial charge in [0, 0.05) is 11.6 Å². The number of benzene rings is 2. The molecule has 0 atom stereocenters. The fraction of sp³-hybridized carbons (Fsp3) is 0.316. The number of nitrogens with one attached hydrogen (secondary N) is 1. The van der Waals surface area contributed by atoms with Crippen LogP contribution in [0.25, 0.3) is 0 Å². The molecule has 1 aliphatic carbocycles. The fourth-order valence-corrected chi connectivity index (χ4v) is 3.03. The SMILES string of the molecule is COc1ccccc1CN=C(N)NC1CC(c2cccc(F)c2)C1.I. The van der Waals surface area contributed by atoms with Gasteiger partial charge in [-0.3, -0.25) is 0 Å². The number of rotatable bonds is 5. The summed E-state index contributed by atoms with van der Waals surface area (Å²) >= 11 is 0. The Kier molecular flexibility index (Phi) is 7.04. The van der Waals surface area contributed by atoms with Crippen molar-refractivity contribution in [3.63, 3.8) is 0 Å². The van der Waals surface area contributed by atoms with E-state index >= 15 is 0 Å². The zero-order valence-electron chi connectivity index (χ0n) is 14.1. The number of hydrogen-bond acceptors (Lipinski definition) is 2. The number of nitrogens with zero attached hydrogens (tertiary/aromatic N) is 1. The minimum Gasteiger partial charge on any atom is -0.496 e. The van der Waals surface area contributed by atoms with E-state index in [-0.39, 0.29) is 29.8 Å². The molecule has 4 nitrogen and oxygen atoms in total. The van der Waals surface area contributed by atoms with Gasteiger partial charge in [-0.1, -0.05) is 30.3 Å². The van der Waals surface area contributed by atoms with Gasteiger partial charge in [-0.05, 0) is 42.5 Å². The Morgan fingerprint density at radius 3 is 2.72 bits per heavy atom. The molecule has 3 rings (SSSR count). The molecule has 0 aromatic heterocycles. The first-order valence-corrected chi connectivity index (χ1v) is 8.09. The van der Waals surface area contributed by atoms with Crippen molar-refractivity contribution >= 4 is 29.9 Å². The molecule has 3 N–H and O–H groups in total. The number of ether oxygens (including phenoxy) is 1. The minimum absolute atomic E-state index is 0. The summed E-state index contributed by atoms with van der Waals surface area (Å²) in [6.45, 7) is 0.475. The van der Waals surface area contributed by atoms with E-state index in [9.17, 15) is 4.39 Å². The summed E-state index contributed by atoms with van der Waals surface area (Å²) in [6.07, 6.45) is 1.88. The topological polar surface area (TPSA) is 59.6 Å². The van der Waals surface area contributed by atoms with Crippen LogP contribution in [0.2, 0.25) is 0 Å². The van der Waals surface area contributed by atoms with Gasteiger partial charge in [-0.15, -0.1) is 24.0 Å². The second kappa shape index (κ2) is 9.03. The molecule has 0 spiro atoms. The Morgan fingerprint density at radius 1 is 1.24 bits per heavy atom. The average Bonchev–Trinajstić information content (AvgIpc) is 2.56. The van der Waals surface area contributed by atoms with Crippen molar-refractivity contribution in [2.24, 2.45) is 10.7 Å². The Hall–Kier alpha value is -1.83. The number of guanidine groups is 1. The quantitative estimate of drug-likeness (QED) is 0.410. The van der Waals surface area contributed by atoms with E-state index in [1.165, 1.54) is 6.07 Å². The van der Waals surface area contributed by atoms with E-state index in [1.54, 1.807) is 19.2 Å². The first-order valence-electron chi connectivity index (χ1n) is 8.09. The predicted molar refractivity (Wildman–Crippen MR) is 109 cm³/mol. The van der Waals surface area contributed by atoms with Gasteiger partial charge in [0.15, 0.2) is 5.96 Å². The van der Waals surface area contributed by atoms with Gasteiger partial charge >= 0.3 is 0 Å². The van der Waals surface area contributed by atoms with E-state index in [4.69, 9.17) is 10.5 Å². The molecule has 0 bridgehead atoms. The molecule has 0 aliphatic heterocycles. The molecule has 0 radical (unpaired) electrons. The lowest BCUT2D eigenvalue weighted by molar-refractivity contribution is 0.322. The Balaban J connectivity index is 0.00000225. The van der Waals surface area contributed by atoms with Gasteiger partial charge in [-0.2, -0.15) is 0 Å². The van der Waals surface area contributed by atoms with Gasteiger partial charge in [-0.25, -0.2) is 9.38 Å². The highest BCUT2D eigenvalue weighted by atomic mass is 127. The standard InChI is InChI=1S/C19H22FN3O.HI/c1-24-18-8-3-2-5-14(18)12-22-19(21)23-17-10-15(11-17)13-6-4-7-16(20)9-13;/h2-9,15,17H,10-12H2,1H3,(H3,21,22,23);1H. The van der Waals surface area contributed by atoms with Crippen LogP contribution in [0.15, 0.2) is 53.5 Å². The molecular weight excluding hydrogens is 432 g/mol. The maximum absolute atomic E-state index is 13.3. The Morgan fingerprint density at radius 2 is 2.00 bits per heavy atom. The van der Waals surface area contributed by atoms with Crippen LogP contribution in [0.3, 0.4) is 0 Å². The van der Waals surface area contributed by atoms with Gasteiger partial charge in [0.05, 0.1) is 13.7 Å². The molecule has 134 valence electrons. The maximum atomic E-state index is 13.3. The van der Waals surface area contributed by atoms with Gasteiger partial charge in [0.1, 0.15) is 11.6 Å². The van der Waals surface area contributed by atoms with Crippen LogP contribution in [-0.4, -0.2) is 19.1 Å². The third-order valence-corrected chi connectivity index (χ3v) is 4.42. The van der Waals surface area contributed by atoms with Crippen molar-refractivity contribution in [3.8, 4) is 5.75 Å². The van der Waals surface area contributed by atoms with Crippen molar-refractivity contribution in [1.82, 2.24) is 5.32 Å². The van der Waals surface area contributed by atoms with E-state index < -0.39 is 0 Å². The summed E-state index contributed by atoms with van der Waals surface area (Å²) in [6, 6.07) is 14.9. The lowest BCUT2D eigenvalue weighted by atomic mass is 9.76. The predicted octanol–water partition coefficient (Wildman–Crippen LogP) is 3.80. The first-order chi connectivity index (χ1) is 11.7. The minimum atomic E-state index is -0.179. The second-order valence-electron chi connectivity index (χ2n) is 6.08. The summed E-state index contributed by atoms with van der Waals surface area (Å²) in [5.41, 5.74) is 8.02. The molecule has 2 aromatic carbocycles. The molecule has 0 amide bonds. The van der Waals surface area contributed by atoms with E-state index in [1.807, 2.05) is 30.3 Å². The number of aliphatic imine (C=N–C) groups is 1. The third kappa shape index (κ3) is 5.07. The molecule has 1 aliphatic rings. The zero-order chi connectivity index (χ0) is 16.9. The highest BCUT2D eigenvalue weighted by molar-refractivity contribution is 14.0. The summed E-state index contributed by atoms with van der Waals surface area (Å²) in [5.74, 6) is 1.45. The molecule has 0 unspecified atom stereocenters. The molecule has 6 heteroatoms. The molecule has 2 aromatic rings. The van der Waals surface area contributed by atoms with E-state index in [0.29, 0.717) is 24.5 Å². The van der Waals surface area contributed by atoms with Gasteiger partial charge in [0.25, 0.3) is 0 Å². The fourth-order valence-electron chi connectivity index (χ4n) is 3.03. The molecular formula is C19H23FIN3O. The summed E-state index contributed by atoms with van der Waals surface area (Å²) in [5, 5.41) is 3.23. The van der Waals surface area contributed by atoms with Crippen LogP contribution in [-0.2, 0) is 6.54 Å². The first kappa shape index (κ1) is 19.5. The van der Waals surface area contributed by atoms with Gasteiger partial charge in [0.2, 0.25) is 0 Å². The van der Waals surface area contributed by atoms with Crippen molar-refractivity contribution in [2.75, 3.05) is 7.11 Å². The lowest BCUT2D eigenvalue weighted by Crippen LogP contribution is -2.46. The van der Waals surface area contributed by atoms with Crippen molar-refractivity contribution in [2.45, 2.75) is 31.3 Å². The number of halogens is 2. The number of methoxy groups -OCH3 is 1. The van der Waals surface area contributed by atoms with Crippen LogP contribution in [0.5, 0.6) is 5.75 Å². The van der Waals surface area contributed by atoms with Crippen molar-refractivity contribution in [3.05, 3.63) is 65.5 Å². The maximum Gasteiger partial charge on any atom is 0.189 e. The van der Waals surface area contributed by atoms with Crippen molar-refractivity contribution in [1.29, 1.82) is 0 Å². The van der Waals surface area contributed by atoms with Crippen molar-refractivity contribution < 1.29 is 9.13 Å². The number of nitrogens with two attached hydrogens (primary N) is 1. The van der Waals surface area contributed by atoms with E-state index in [0.717, 1.165) is 29.7 Å². The molecule has 25 heavy (non-hydrogen) atoms. The highest BCUT2D eigenvalue weighted by Gasteiger charge is 2.30. The largest absolute Gasteiger partial charge is 0.496 e. The Bertz CT molecular complexity index is 732. The third-order valence-electron chi connectivity index (χ3n) is 4.42. The smallest absolute Gasteiger partial charge is 0.189 e. The zero-order valence-corrected chi connectivity index (χ0v) is 16.4. The number of para-hydroxylation sites is 1. The lowest BCUT2D eigenvalue weighted by Gasteiger charge is -2.36. The normalized spacial score (nSPS) is 19.5. The average molecular weight is 455 g/mol. The van der Waals surface area contributed by atoms with Crippen LogP contribution in [0.4, 0.5) is 4.39 Å². The van der Waals surface area contributed by atoms with Crippen LogP contribution < -0.4 is 15.8 Å². The summed E-state index contributed by atoms with van der Waals surface area (Å²) in [7, 11) is 1.64. The van der Waals surface area contributed by atoms with Crippen LogP contribution >= 0.6 is 24.0 Å². The Labute approximate surface area is 164 Å². The number of hydrogen-bond donors (Lipinski definition) is 2. The monoisotopic (exact) mass is 455 g/mol. The molecule has 0 saturated heterocycles.